The summed E-state index contributed by atoms with van der Waals surface area (Å²) in [5.74, 6) is 1.03. The molecule has 5 rings (SSSR count). The third-order valence-corrected chi connectivity index (χ3v) is 5.31. The molecule has 0 N–H and O–H groups in total. The topological polar surface area (TPSA) is 75.9 Å². The minimum Gasteiger partial charge on any atom is -0.486 e. The molecule has 26 heavy (non-hydrogen) atoms. The van der Waals surface area contributed by atoms with Crippen molar-refractivity contribution in [1.82, 2.24) is 10.1 Å². The number of nitrogens with zero attached hydrogens (tertiary/aromatic N) is 3. The highest BCUT2D eigenvalue weighted by atomic mass is 16.5. The standard InChI is InChI=1S/C19H19N3O4/c23-18-15-9-13(11-22(15)19(24)17-7-8-20-26-17)25-16-4-2-1-3-14(16)21(18)10-12-5-6-12/h1-4,7-8,12-13,15H,5-6,9-11H2/t13-,15-/m0/s1. The van der Waals surface area contributed by atoms with E-state index in [4.69, 9.17) is 9.26 Å². The van der Waals surface area contributed by atoms with Gasteiger partial charge < -0.3 is 19.1 Å². The lowest BCUT2D eigenvalue weighted by Crippen LogP contribution is -2.48. The van der Waals surface area contributed by atoms with E-state index in [1.807, 2.05) is 24.3 Å². The molecule has 0 spiro atoms. The van der Waals surface area contributed by atoms with E-state index >= 15 is 0 Å². The zero-order chi connectivity index (χ0) is 17.7. The molecule has 2 atom stereocenters. The van der Waals surface area contributed by atoms with Crippen molar-refractivity contribution in [1.29, 1.82) is 0 Å². The molecule has 2 aromatic rings. The highest BCUT2D eigenvalue weighted by Gasteiger charge is 2.46. The van der Waals surface area contributed by atoms with Crippen molar-refractivity contribution in [3.8, 4) is 5.75 Å². The lowest BCUT2D eigenvalue weighted by molar-refractivity contribution is -0.122. The average Bonchev–Trinajstić information content (AvgIpc) is 3.12. The van der Waals surface area contributed by atoms with Crippen LogP contribution in [0.5, 0.6) is 5.75 Å². The molecule has 2 bridgehead atoms. The fraction of sp³-hybridized carbons (Fsp3) is 0.421. The van der Waals surface area contributed by atoms with Gasteiger partial charge in [-0.05, 0) is 30.9 Å². The van der Waals surface area contributed by atoms with E-state index < -0.39 is 6.04 Å². The Kier molecular flexibility index (Phi) is 3.48. The van der Waals surface area contributed by atoms with Gasteiger partial charge >= 0.3 is 0 Å². The smallest absolute Gasteiger partial charge is 0.293 e. The maximum absolute atomic E-state index is 13.4. The molecular formula is C19H19N3O4. The largest absolute Gasteiger partial charge is 0.486 e. The quantitative estimate of drug-likeness (QED) is 0.845. The van der Waals surface area contributed by atoms with E-state index in [1.165, 1.54) is 12.3 Å². The van der Waals surface area contributed by atoms with Crippen molar-refractivity contribution < 1.29 is 18.8 Å². The first-order valence-electron chi connectivity index (χ1n) is 8.99. The van der Waals surface area contributed by atoms with E-state index in [1.54, 1.807) is 9.80 Å². The number of para-hydroxylation sites is 2. The van der Waals surface area contributed by atoms with E-state index in [9.17, 15) is 9.59 Å². The Balaban J connectivity index is 1.52. The first-order chi connectivity index (χ1) is 12.7. The van der Waals surface area contributed by atoms with E-state index in [0.29, 0.717) is 31.2 Å². The summed E-state index contributed by atoms with van der Waals surface area (Å²) in [7, 11) is 0. The number of carbonyl (C=O) groups is 2. The Morgan fingerprint density at radius 2 is 2.08 bits per heavy atom. The predicted molar refractivity (Wildman–Crippen MR) is 91.9 cm³/mol. The predicted octanol–water partition coefficient (Wildman–Crippen LogP) is 2.09. The SMILES string of the molecule is O=C1[C@@H]2C[C@@H](CN2C(=O)c2ccno2)Oc2ccccc2N1CC1CC1. The van der Waals surface area contributed by atoms with Gasteiger partial charge in [-0.3, -0.25) is 9.59 Å². The number of carbonyl (C=O) groups excluding carboxylic acids is 2. The normalized spacial score (nSPS) is 24.7. The maximum Gasteiger partial charge on any atom is 0.293 e. The summed E-state index contributed by atoms with van der Waals surface area (Å²) < 4.78 is 11.2. The molecule has 1 aromatic carbocycles. The molecule has 7 nitrogen and oxygen atoms in total. The third kappa shape index (κ3) is 2.55. The number of fused-ring (bicyclic) bond motifs is 3. The highest BCUT2D eigenvalue weighted by Crippen LogP contribution is 2.39. The lowest BCUT2D eigenvalue weighted by atomic mass is 10.1. The van der Waals surface area contributed by atoms with E-state index in [2.05, 4.69) is 5.16 Å². The van der Waals surface area contributed by atoms with Crippen LogP contribution in [-0.2, 0) is 4.79 Å². The minimum absolute atomic E-state index is 0.0389. The molecule has 3 aliphatic rings. The van der Waals surface area contributed by atoms with Crippen LogP contribution in [0.1, 0.15) is 29.8 Å². The number of hydrogen-bond donors (Lipinski definition) is 0. The Hall–Kier alpha value is -2.83. The second-order valence-corrected chi connectivity index (χ2v) is 7.19. The van der Waals surface area contributed by atoms with Crippen molar-refractivity contribution in [3.63, 3.8) is 0 Å². The fourth-order valence-corrected chi connectivity index (χ4v) is 3.81. The molecule has 134 valence electrons. The van der Waals surface area contributed by atoms with Crippen molar-refractivity contribution in [2.24, 2.45) is 5.92 Å². The molecule has 3 heterocycles. The Bertz CT molecular complexity index is 846. The summed E-state index contributed by atoms with van der Waals surface area (Å²) in [5.41, 5.74) is 0.799. The second kappa shape index (κ2) is 5.86. The Morgan fingerprint density at radius 3 is 2.85 bits per heavy atom. The summed E-state index contributed by atoms with van der Waals surface area (Å²) in [6.45, 7) is 1.03. The summed E-state index contributed by atoms with van der Waals surface area (Å²) in [5, 5.41) is 3.60. The van der Waals surface area contributed by atoms with Crippen LogP contribution in [0.15, 0.2) is 41.1 Å². The highest BCUT2D eigenvalue weighted by molar-refractivity contribution is 6.03. The number of amides is 2. The van der Waals surface area contributed by atoms with Gasteiger partial charge in [0, 0.05) is 19.0 Å². The van der Waals surface area contributed by atoms with Gasteiger partial charge in [-0.1, -0.05) is 17.3 Å². The molecule has 0 radical (unpaired) electrons. The molecule has 2 aliphatic heterocycles. The number of anilines is 1. The second-order valence-electron chi connectivity index (χ2n) is 7.19. The molecule has 1 saturated heterocycles. The molecule has 1 aromatic heterocycles. The summed E-state index contributed by atoms with van der Waals surface area (Å²) in [6.07, 6.45) is 4.00. The number of aromatic nitrogens is 1. The van der Waals surface area contributed by atoms with Gasteiger partial charge in [-0.15, -0.1) is 0 Å². The maximum atomic E-state index is 13.4. The molecule has 1 saturated carbocycles. The zero-order valence-corrected chi connectivity index (χ0v) is 14.2. The van der Waals surface area contributed by atoms with E-state index in [0.717, 1.165) is 18.5 Å². The number of ether oxygens (including phenoxy) is 1. The summed E-state index contributed by atoms with van der Waals surface area (Å²) in [4.78, 5) is 29.6. The molecule has 0 unspecified atom stereocenters. The van der Waals surface area contributed by atoms with Crippen molar-refractivity contribution in [3.05, 3.63) is 42.3 Å². The monoisotopic (exact) mass is 353 g/mol. The molecular weight excluding hydrogens is 334 g/mol. The first kappa shape index (κ1) is 15.4. The van der Waals surface area contributed by atoms with Crippen LogP contribution in [0.25, 0.3) is 0 Å². The van der Waals surface area contributed by atoms with Gasteiger partial charge in [0.1, 0.15) is 17.9 Å². The Morgan fingerprint density at radius 1 is 1.23 bits per heavy atom. The van der Waals surface area contributed by atoms with Crippen LogP contribution in [0, 0.1) is 5.92 Å². The minimum atomic E-state index is -0.537. The third-order valence-electron chi connectivity index (χ3n) is 5.31. The van der Waals surface area contributed by atoms with Crippen molar-refractivity contribution in [2.45, 2.75) is 31.4 Å². The molecule has 1 aliphatic carbocycles. The first-order valence-corrected chi connectivity index (χ1v) is 8.99. The van der Waals surface area contributed by atoms with Crippen LogP contribution in [0.4, 0.5) is 5.69 Å². The van der Waals surface area contributed by atoms with E-state index in [-0.39, 0.29) is 23.7 Å². The summed E-state index contributed by atoms with van der Waals surface area (Å²) >= 11 is 0. The summed E-state index contributed by atoms with van der Waals surface area (Å²) in [6, 6.07) is 8.62. The Labute approximate surface area is 150 Å². The molecule has 2 fully saturated rings. The van der Waals surface area contributed by atoms with Crippen LogP contribution < -0.4 is 9.64 Å². The van der Waals surface area contributed by atoms with Crippen LogP contribution in [-0.4, -0.2) is 47.1 Å². The number of likely N-dealkylation sites (tertiary alicyclic amines) is 1. The van der Waals surface area contributed by atoms with Gasteiger partial charge in [-0.25, -0.2) is 0 Å². The molecule has 2 amide bonds. The lowest BCUT2D eigenvalue weighted by Gasteiger charge is -2.31. The van der Waals surface area contributed by atoms with Gasteiger partial charge in [0.25, 0.3) is 5.91 Å². The van der Waals surface area contributed by atoms with Crippen LogP contribution in [0.3, 0.4) is 0 Å². The average molecular weight is 353 g/mol. The number of hydrogen-bond acceptors (Lipinski definition) is 5. The van der Waals surface area contributed by atoms with Crippen LogP contribution in [0.2, 0.25) is 0 Å². The number of benzene rings is 1. The van der Waals surface area contributed by atoms with Gasteiger partial charge in [0.05, 0.1) is 18.4 Å². The van der Waals surface area contributed by atoms with Gasteiger partial charge in [0.15, 0.2) is 0 Å². The number of rotatable bonds is 3. The van der Waals surface area contributed by atoms with Crippen molar-refractivity contribution >= 4 is 17.5 Å². The van der Waals surface area contributed by atoms with Crippen molar-refractivity contribution in [2.75, 3.05) is 18.0 Å². The van der Waals surface area contributed by atoms with Crippen LogP contribution >= 0.6 is 0 Å². The van der Waals surface area contributed by atoms with Gasteiger partial charge in [0.2, 0.25) is 11.7 Å². The zero-order valence-electron chi connectivity index (χ0n) is 14.2. The van der Waals surface area contributed by atoms with Gasteiger partial charge in [-0.2, -0.15) is 0 Å². The molecule has 7 heteroatoms. The fourth-order valence-electron chi connectivity index (χ4n) is 3.81.